The molecule has 2 aromatic carbocycles. The number of ether oxygens (including phenoxy) is 2. The number of rotatable bonds is 5. The quantitative estimate of drug-likeness (QED) is 0.569. The van der Waals surface area contributed by atoms with Crippen molar-refractivity contribution in [2.75, 3.05) is 6.61 Å². The Labute approximate surface area is 148 Å². The Morgan fingerprint density at radius 1 is 1.04 bits per heavy atom. The Balaban J connectivity index is 1.76. The first-order valence-electron chi connectivity index (χ1n) is 8.47. The second-order valence-electron chi connectivity index (χ2n) is 6.64. The Bertz CT molecular complexity index is 809. The first-order chi connectivity index (χ1) is 12.0. The zero-order chi connectivity index (χ0) is 17.8. The maximum Gasteiger partial charge on any atom is 0.343 e. The van der Waals surface area contributed by atoms with E-state index in [9.17, 15) is 4.79 Å². The SMILES string of the molecule is Cc1ccc(C2=C/C(=C\c3ccc(OCC(C)C)cc3)C(=O)O2)cc1. The van der Waals surface area contributed by atoms with Crippen LogP contribution in [0, 0.1) is 12.8 Å². The number of hydrogen-bond acceptors (Lipinski definition) is 3. The summed E-state index contributed by atoms with van der Waals surface area (Å²) in [5, 5.41) is 0. The van der Waals surface area contributed by atoms with Gasteiger partial charge in [0.05, 0.1) is 12.2 Å². The summed E-state index contributed by atoms with van der Waals surface area (Å²) in [4.78, 5) is 12.1. The van der Waals surface area contributed by atoms with Crippen molar-refractivity contribution in [3.63, 3.8) is 0 Å². The molecule has 1 aliphatic heterocycles. The van der Waals surface area contributed by atoms with Crippen molar-refractivity contribution in [1.82, 2.24) is 0 Å². The molecule has 0 fully saturated rings. The van der Waals surface area contributed by atoms with Crippen LogP contribution < -0.4 is 4.74 Å². The maximum atomic E-state index is 12.1. The fourth-order valence-corrected chi connectivity index (χ4v) is 2.45. The van der Waals surface area contributed by atoms with E-state index in [0.717, 1.165) is 16.9 Å². The summed E-state index contributed by atoms with van der Waals surface area (Å²) in [6.07, 6.45) is 3.62. The number of aryl methyl sites for hydroxylation is 1. The third kappa shape index (κ3) is 4.38. The molecule has 0 saturated carbocycles. The lowest BCUT2D eigenvalue weighted by atomic mass is 10.1. The Morgan fingerprint density at radius 3 is 2.36 bits per heavy atom. The van der Waals surface area contributed by atoms with Crippen LogP contribution in [-0.4, -0.2) is 12.6 Å². The maximum absolute atomic E-state index is 12.1. The predicted octanol–water partition coefficient (Wildman–Crippen LogP) is 5.01. The van der Waals surface area contributed by atoms with Crippen LogP contribution in [0.2, 0.25) is 0 Å². The van der Waals surface area contributed by atoms with Crippen LogP contribution in [0.1, 0.15) is 30.5 Å². The van der Waals surface area contributed by atoms with Gasteiger partial charge in [0, 0.05) is 5.56 Å². The highest BCUT2D eigenvalue weighted by Gasteiger charge is 2.21. The van der Waals surface area contributed by atoms with E-state index in [-0.39, 0.29) is 5.97 Å². The third-order valence-corrected chi connectivity index (χ3v) is 3.85. The van der Waals surface area contributed by atoms with Crippen molar-refractivity contribution >= 4 is 17.8 Å². The van der Waals surface area contributed by atoms with Crippen LogP contribution in [0.5, 0.6) is 5.75 Å². The monoisotopic (exact) mass is 334 g/mol. The van der Waals surface area contributed by atoms with Crippen LogP contribution in [0.15, 0.2) is 60.2 Å². The fraction of sp³-hybridized carbons (Fsp3) is 0.227. The van der Waals surface area contributed by atoms with Gasteiger partial charge in [0.25, 0.3) is 0 Å². The third-order valence-electron chi connectivity index (χ3n) is 3.85. The number of hydrogen-bond donors (Lipinski definition) is 0. The Kier molecular flexibility index (Phi) is 5.03. The largest absolute Gasteiger partial charge is 0.493 e. The molecule has 0 saturated heterocycles. The highest BCUT2D eigenvalue weighted by Crippen LogP contribution is 2.28. The number of benzene rings is 2. The molecule has 1 heterocycles. The Morgan fingerprint density at radius 2 is 1.72 bits per heavy atom. The number of carbonyl (C=O) groups excluding carboxylic acids is 1. The molecule has 3 heteroatoms. The van der Waals surface area contributed by atoms with Crippen molar-refractivity contribution in [2.24, 2.45) is 5.92 Å². The summed E-state index contributed by atoms with van der Waals surface area (Å²) < 4.78 is 11.1. The molecule has 0 amide bonds. The number of carbonyl (C=O) groups is 1. The molecule has 2 aromatic rings. The molecular weight excluding hydrogens is 312 g/mol. The van der Waals surface area contributed by atoms with Crippen LogP contribution >= 0.6 is 0 Å². The van der Waals surface area contributed by atoms with Crippen molar-refractivity contribution in [1.29, 1.82) is 0 Å². The van der Waals surface area contributed by atoms with Gasteiger partial charge in [0.15, 0.2) is 0 Å². The van der Waals surface area contributed by atoms with E-state index < -0.39 is 0 Å². The normalized spacial score (nSPS) is 15.4. The zero-order valence-corrected chi connectivity index (χ0v) is 14.8. The summed E-state index contributed by atoms with van der Waals surface area (Å²) >= 11 is 0. The molecule has 0 radical (unpaired) electrons. The minimum Gasteiger partial charge on any atom is -0.493 e. The molecule has 0 unspecified atom stereocenters. The molecule has 128 valence electrons. The minimum atomic E-state index is -0.323. The lowest BCUT2D eigenvalue weighted by Gasteiger charge is -2.08. The first-order valence-corrected chi connectivity index (χ1v) is 8.47. The fourth-order valence-electron chi connectivity index (χ4n) is 2.45. The van der Waals surface area contributed by atoms with Crippen molar-refractivity contribution in [3.05, 3.63) is 76.9 Å². The summed E-state index contributed by atoms with van der Waals surface area (Å²) in [6, 6.07) is 15.6. The minimum absolute atomic E-state index is 0.323. The van der Waals surface area contributed by atoms with Crippen LogP contribution in [0.25, 0.3) is 11.8 Å². The molecule has 3 rings (SSSR count). The van der Waals surface area contributed by atoms with Gasteiger partial charge in [-0.1, -0.05) is 55.8 Å². The van der Waals surface area contributed by atoms with Gasteiger partial charge < -0.3 is 9.47 Å². The lowest BCUT2D eigenvalue weighted by Crippen LogP contribution is -2.04. The van der Waals surface area contributed by atoms with Gasteiger partial charge in [-0.15, -0.1) is 0 Å². The standard InChI is InChI=1S/C22H22O3/c1-15(2)14-24-20-10-6-17(7-11-20)12-19-13-21(25-22(19)23)18-8-4-16(3)5-9-18/h4-13,15H,14H2,1-3H3/b19-12+. The van der Waals surface area contributed by atoms with E-state index in [0.29, 0.717) is 23.9 Å². The lowest BCUT2D eigenvalue weighted by molar-refractivity contribution is -0.130. The molecule has 0 aliphatic carbocycles. The predicted molar refractivity (Wildman–Crippen MR) is 100 cm³/mol. The van der Waals surface area contributed by atoms with Crippen LogP contribution in [0.4, 0.5) is 0 Å². The van der Waals surface area contributed by atoms with Gasteiger partial charge in [-0.25, -0.2) is 4.79 Å². The van der Waals surface area contributed by atoms with Crippen LogP contribution in [-0.2, 0) is 9.53 Å². The molecule has 0 bridgehead atoms. The zero-order valence-electron chi connectivity index (χ0n) is 14.8. The summed E-state index contributed by atoms with van der Waals surface area (Å²) in [5.41, 5.74) is 3.56. The topological polar surface area (TPSA) is 35.5 Å². The Hall–Kier alpha value is -2.81. The average molecular weight is 334 g/mol. The summed E-state index contributed by atoms with van der Waals surface area (Å²) in [7, 11) is 0. The van der Waals surface area contributed by atoms with Gasteiger partial charge in [0.2, 0.25) is 0 Å². The van der Waals surface area contributed by atoms with Crippen LogP contribution in [0.3, 0.4) is 0 Å². The van der Waals surface area contributed by atoms with Crippen molar-refractivity contribution < 1.29 is 14.3 Å². The highest BCUT2D eigenvalue weighted by molar-refractivity contribution is 6.05. The van der Waals surface area contributed by atoms with E-state index in [1.165, 1.54) is 5.56 Å². The van der Waals surface area contributed by atoms with Gasteiger partial charge in [-0.3, -0.25) is 0 Å². The van der Waals surface area contributed by atoms with Gasteiger partial charge in [0.1, 0.15) is 11.5 Å². The smallest absolute Gasteiger partial charge is 0.343 e. The van der Waals surface area contributed by atoms with E-state index in [1.54, 1.807) is 6.08 Å². The average Bonchev–Trinajstić information content (AvgIpc) is 2.95. The van der Waals surface area contributed by atoms with Crippen molar-refractivity contribution in [3.8, 4) is 5.75 Å². The summed E-state index contributed by atoms with van der Waals surface area (Å²) in [5.74, 6) is 1.59. The van der Waals surface area contributed by atoms with Gasteiger partial charge in [-0.05, 0) is 42.7 Å². The highest BCUT2D eigenvalue weighted by atomic mass is 16.5. The molecule has 0 atom stereocenters. The van der Waals surface area contributed by atoms with E-state index in [1.807, 2.05) is 61.5 Å². The molecule has 0 N–H and O–H groups in total. The molecule has 3 nitrogen and oxygen atoms in total. The summed E-state index contributed by atoms with van der Waals surface area (Å²) in [6.45, 7) is 6.94. The molecule has 0 aromatic heterocycles. The number of esters is 1. The second-order valence-corrected chi connectivity index (χ2v) is 6.64. The van der Waals surface area contributed by atoms with E-state index >= 15 is 0 Å². The van der Waals surface area contributed by atoms with Crippen molar-refractivity contribution in [2.45, 2.75) is 20.8 Å². The van der Waals surface area contributed by atoms with Gasteiger partial charge >= 0.3 is 5.97 Å². The molecule has 0 spiro atoms. The second kappa shape index (κ2) is 7.39. The van der Waals surface area contributed by atoms with E-state index in [4.69, 9.17) is 9.47 Å². The van der Waals surface area contributed by atoms with E-state index in [2.05, 4.69) is 13.8 Å². The first kappa shape index (κ1) is 17.0. The molecule has 25 heavy (non-hydrogen) atoms. The number of cyclic esters (lactones) is 1. The molecular formula is C22H22O3. The molecule has 1 aliphatic rings. The van der Waals surface area contributed by atoms with Gasteiger partial charge in [-0.2, -0.15) is 0 Å².